The fourth-order valence-electron chi connectivity index (χ4n) is 5.27. The molecule has 0 radical (unpaired) electrons. The van der Waals surface area contributed by atoms with Crippen LogP contribution in [0.2, 0.25) is 0 Å². The molecule has 0 bridgehead atoms. The Morgan fingerprint density at radius 3 is 1.69 bits per heavy atom. The highest BCUT2D eigenvalue weighted by molar-refractivity contribution is 5.97. The summed E-state index contributed by atoms with van der Waals surface area (Å²) in [6, 6.07) is 21.1. The predicted molar refractivity (Wildman–Crippen MR) is 136 cm³/mol. The maximum Gasteiger partial charge on any atom is 0.194 e. The molecular weight excluding hydrogens is 467 g/mol. The third kappa shape index (κ3) is 4.58. The van der Waals surface area contributed by atoms with Crippen molar-refractivity contribution in [2.75, 3.05) is 6.54 Å². The van der Waals surface area contributed by atoms with E-state index < -0.39 is 39.9 Å². The Balaban J connectivity index is 2.64. The molecule has 0 spiro atoms. The van der Waals surface area contributed by atoms with Crippen molar-refractivity contribution in [3.63, 3.8) is 0 Å². The standard InChI is InChI=1S/C28H34F3NO2Si/c1-19(33)18-32(34-35)28(21-14-10-7-11-15-21,22-16-23(29)25(31)24(30)17-22)27(5,26(2,3)4)20-12-8-6-9-13-20/h6-17,19,33H,18H2,1-5,35H3/t19?,27-,28+/m0/s1. The molecule has 0 saturated carbocycles. The van der Waals surface area contributed by atoms with Crippen molar-refractivity contribution in [1.29, 1.82) is 0 Å². The molecule has 0 saturated heterocycles. The molecule has 3 rings (SSSR count). The Kier molecular flexibility index (Phi) is 7.96. The van der Waals surface area contributed by atoms with Gasteiger partial charge in [-0.25, -0.2) is 13.2 Å². The van der Waals surface area contributed by atoms with Crippen molar-refractivity contribution < 1.29 is 22.8 Å². The van der Waals surface area contributed by atoms with E-state index in [1.165, 1.54) is 0 Å². The Bertz CT molecular complexity index is 1110. The van der Waals surface area contributed by atoms with Gasteiger partial charge in [-0.05, 0) is 41.2 Å². The van der Waals surface area contributed by atoms with Crippen LogP contribution in [0.3, 0.4) is 0 Å². The summed E-state index contributed by atoms with van der Waals surface area (Å²) in [4.78, 5) is 0. The van der Waals surface area contributed by atoms with E-state index in [0.29, 0.717) is 5.56 Å². The van der Waals surface area contributed by atoms with Gasteiger partial charge < -0.3 is 9.63 Å². The summed E-state index contributed by atoms with van der Waals surface area (Å²) in [5.74, 6) is -4.09. The van der Waals surface area contributed by atoms with Gasteiger partial charge in [0.2, 0.25) is 0 Å². The van der Waals surface area contributed by atoms with Crippen molar-refractivity contribution >= 4 is 10.5 Å². The highest BCUT2D eigenvalue weighted by Gasteiger charge is 2.61. The van der Waals surface area contributed by atoms with Crippen LogP contribution in [0.4, 0.5) is 13.2 Å². The van der Waals surface area contributed by atoms with Crippen LogP contribution in [-0.4, -0.2) is 33.3 Å². The summed E-state index contributed by atoms with van der Waals surface area (Å²) in [7, 11) is 0.241. The zero-order chi connectivity index (χ0) is 26.0. The number of aliphatic hydroxyl groups is 1. The minimum absolute atomic E-state index is 0.0531. The first-order valence-corrected chi connectivity index (χ1v) is 12.5. The number of nitrogens with zero attached hydrogens (tertiary/aromatic N) is 1. The summed E-state index contributed by atoms with van der Waals surface area (Å²) in [6.45, 7) is 9.89. The summed E-state index contributed by atoms with van der Waals surface area (Å²) >= 11 is 0. The number of hydroxylamine groups is 2. The van der Waals surface area contributed by atoms with Crippen molar-refractivity contribution in [2.45, 2.75) is 51.7 Å². The molecule has 35 heavy (non-hydrogen) atoms. The smallest absolute Gasteiger partial charge is 0.194 e. The molecule has 3 atom stereocenters. The molecule has 3 aromatic rings. The first-order chi connectivity index (χ1) is 16.4. The summed E-state index contributed by atoms with van der Waals surface area (Å²) in [5, 5.41) is 12.1. The van der Waals surface area contributed by atoms with E-state index in [-0.39, 0.29) is 22.6 Å². The van der Waals surface area contributed by atoms with Crippen molar-refractivity contribution in [1.82, 2.24) is 5.06 Å². The van der Waals surface area contributed by atoms with Gasteiger partial charge in [-0.2, -0.15) is 5.06 Å². The molecule has 188 valence electrons. The third-order valence-corrected chi connectivity index (χ3v) is 7.63. The van der Waals surface area contributed by atoms with Crippen LogP contribution < -0.4 is 0 Å². The van der Waals surface area contributed by atoms with Crippen molar-refractivity contribution in [3.05, 3.63) is 107 Å². The molecule has 1 unspecified atom stereocenters. The number of aliphatic hydroxyl groups excluding tert-OH is 1. The number of halogens is 3. The molecule has 0 amide bonds. The van der Waals surface area contributed by atoms with E-state index in [1.54, 1.807) is 12.0 Å². The number of rotatable bonds is 8. The van der Waals surface area contributed by atoms with Gasteiger partial charge in [0, 0.05) is 12.0 Å². The van der Waals surface area contributed by atoms with Gasteiger partial charge in [0.1, 0.15) is 5.54 Å². The molecule has 0 aliphatic heterocycles. The van der Waals surface area contributed by atoms with Gasteiger partial charge in [-0.15, -0.1) is 0 Å². The van der Waals surface area contributed by atoms with E-state index >= 15 is 0 Å². The maximum absolute atomic E-state index is 14.9. The second-order valence-corrected chi connectivity index (χ2v) is 10.5. The molecule has 3 nitrogen and oxygen atoms in total. The Labute approximate surface area is 209 Å². The maximum atomic E-state index is 14.9. The molecular formula is C28H34F3NO2Si. The summed E-state index contributed by atoms with van der Waals surface area (Å²) < 4.78 is 50.1. The summed E-state index contributed by atoms with van der Waals surface area (Å²) in [6.07, 6.45) is -0.817. The first kappa shape index (κ1) is 27.1. The number of hydrogen-bond acceptors (Lipinski definition) is 3. The van der Waals surface area contributed by atoms with E-state index in [2.05, 4.69) is 20.8 Å². The van der Waals surface area contributed by atoms with E-state index in [4.69, 9.17) is 4.53 Å². The van der Waals surface area contributed by atoms with Gasteiger partial charge in [-0.3, -0.25) is 0 Å². The van der Waals surface area contributed by atoms with Crippen LogP contribution in [0.1, 0.15) is 51.3 Å². The fraction of sp³-hybridized carbons (Fsp3) is 0.357. The van der Waals surface area contributed by atoms with Crippen LogP contribution >= 0.6 is 0 Å². The highest BCUT2D eigenvalue weighted by Crippen LogP contribution is 2.59. The number of hydrogen-bond donors (Lipinski definition) is 1. The van der Waals surface area contributed by atoms with Crippen LogP contribution in [0.25, 0.3) is 0 Å². The molecule has 0 aliphatic rings. The van der Waals surface area contributed by atoms with Crippen LogP contribution in [0, 0.1) is 22.9 Å². The van der Waals surface area contributed by atoms with Gasteiger partial charge >= 0.3 is 0 Å². The number of benzene rings is 3. The minimum Gasteiger partial charge on any atom is -0.392 e. The van der Waals surface area contributed by atoms with Gasteiger partial charge in [-0.1, -0.05) is 88.4 Å². The average Bonchev–Trinajstić information content (AvgIpc) is 2.82. The van der Waals surface area contributed by atoms with Gasteiger partial charge in [0.05, 0.1) is 6.10 Å². The summed E-state index contributed by atoms with van der Waals surface area (Å²) in [5.41, 5.74) is -1.000. The zero-order valence-electron chi connectivity index (χ0n) is 21.1. The second kappa shape index (κ2) is 10.3. The quantitative estimate of drug-likeness (QED) is 0.260. The predicted octanol–water partition coefficient (Wildman–Crippen LogP) is 5.25. The van der Waals surface area contributed by atoms with Gasteiger partial charge in [0.25, 0.3) is 0 Å². The molecule has 7 heteroatoms. The first-order valence-electron chi connectivity index (χ1n) is 11.7. The third-order valence-electron chi connectivity index (χ3n) is 7.19. The van der Waals surface area contributed by atoms with Crippen LogP contribution in [-0.2, 0) is 15.5 Å². The minimum atomic E-state index is -1.53. The fourth-order valence-corrected chi connectivity index (χ4v) is 5.69. The molecule has 0 heterocycles. The van der Waals surface area contributed by atoms with Gasteiger partial charge in [0.15, 0.2) is 27.9 Å². The molecule has 0 aromatic heterocycles. The van der Waals surface area contributed by atoms with Crippen molar-refractivity contribution in [2.24, 2.45) is 5.41 Å². The lowest BCUT2D eigenvalue weighted by molar-refractivity contribution is -0.187. The van der Waals surface area contributed by atoms with E-state index in [0.717, 1.165) is 17.7 Å². The SMILES string of the molecule is CC(O)CN(O[SiH3])[C@](c1ccccc1)(c1cc(F)c(F)c(F)c1)[C@@](C)(c1ccccc1)C(C)(C)C. The molecule has 3 aromatic carbocycles. The largest absolute Gasteiger partial charge is 0.392 e. The topological polar surface area (TPSA) is 32.7 Å². The Morgan fingerprint density at radius 1 is 0.829 bits per heavy atom. The lowest BCUT2D eigenvalue weighted by Gasteiger charge is -2.60. The van der Waals surface area contributed by atoms with Crippen molar-refractivity contribution in [3.8, 4) is 0 Å². The van der Waals surface area contributed by atoms with E-state index in [9.17, 15) is 18.3 Å². The Hall–Kier alpha value is -2.45. The molecule has 0 fully saturated rings. The van der Waals surface area contributed by atoms with Crippen LogP contribution in [0.5, 0.6) is 0 Å². The average molecular weight is 502 g/mol. The lowest BCUT2D eigenvalue weighted by Crippen LogP contribution is -2.65. The van der Waals surface area contributed by atoms with Crippen LogP contribution in [0.15, 0.2) is 72.8 Å². The molecule has 0 aliphatic carbocycles. The monoisotopic (exact) mass is 501 g/mol. The second-order valence-electron chi connectivity index (χ2n) is 10.2. The van der Waals surface area contributed by atoms with E-state index in [1.807, 2.05) is 67.6 Å². The highest BCUT2D eigenvalue weighted by atomic mass is 28.2. The lowest BCUT2D eigenvalue weighted by atomic mass is 9.50. The Morgan fingerprint density at radius 2 is 1.29 bits per heavy atom. The molecule has 1 N–H and O–H groups in total. The zero-order valence-corrected chi connectivity index (χ0v) is 23.1. The normalized spacial score (nSPS) is 16.6.